The fourth-order valence-corrected chi connectivity index (χ4v) is 2.62. The molecule has 132 valence electrons. The molecule has 0 aliphatic heterocycles. The summed E-state index contributed by atoms with van der Waals surface area (Å²) in [6.45, 7) is 5.66. The van der Waals surface area contributed by atoms with Crippen molar-refractivity contribution >= 4 is 33.4 Å². The molecule has 2 amide bonds. The summed E-state index contributed by atoms with van der Waals surface area (Å²) in [5.74, 6) is -0.000882. The van der Waals surface area contributed by atoms with Crippen LogP contribution in [0.25, 0.3) is 0 Å². The highest BCUT2D eigenvalue weighted by Gasteiger charge is 2.08. The smallest absolute Gasteiger partial charge is 0.258 e. The van der Waals surface area contributed by atoms with E-state index in [1.807, 2.05) is 57.2 Å². The van der Waals surface area contributed by atoms with Crippen molar-refractivity contribution in [2.24, 2.45) is 0 Å². The van der Waals surface area contributed by atoms with Crippen LogP contribution in [0, 0.1) is 20.8 Å². The van der Waals surface area contributed by atoms with Crippen LogP contribution in [-0.4, -0.2) is 25.0 Å². The molecule has 0 aromatic heterocycles. The number of carbonyl (C=O) groups excluding carboxylic acids is 2. The topological polar surface area (TPSA) is 67.4 Å². The van der Waals surface area contributed by atoms with E-state index in [2.05, 4.69) is 26.6 Å². The molecular weight excluding hydrogens is 384 g/mol. The van der Waals surface area contributed by atoms with E-state index in [0.29, 0.717) is 11.4 Å². The average Bonchev–Trinajstić information content (AvgIpc) is 2.56. The summed E-state index contributed by atoms with van der Waals surface area (Å²) in [4.78, 5) is 23.7. The van der Waals surface area contributed by atoms with Crippen molar-refractivity contribution in [3.63, 3.8) is 0 Å². The van der Waals surface area contributed by atoms with Gasteiger partial charge in [0.2, 0.25) is 5.91 Å². The molecule has 0 aliphatic rings. The van der Waals surface area contributed by atoms with Crippen molar-refractivity contribution in [2.45, 2.75) is 20.8 Å². The predicted octanol–water partition coefficient (Wildman–Crippen LogP) is 3.51. The van der Waals surface area contributed by atoms with Gasteiger partial charge in [-0.2, -0.15) is 0 Å². The van der Waals surface area contributed by atoms with Gasteiger partial charge in [0.05, 0.1) is 6.54 Å². The summed E-state index contributed by atoms with van der Waals surface area (Å²) in [5.41, 5.74) is 3.92. The van der Waals surface area contributed by atoms with Crippen LogP contribution in [0.5, 0.6) is 5.75 Å². The van der Waals surface area contributed by atoms with Gasteiger partial charge in [-0.05, 0) is 67.8 Å². The zero-order valence-corrected chi connectivity index (χ0v) is 16.1. The molecule has 0 radical (unpaired) electrons. The largest absolute Gasteiger partial charge is 0.484 e. The van der Waals surface area contributed by atoms with E-state index in [9.17, 15) is 9.59 Å². The maximum absolute atomic E-state index is 11.9. The molecule has 0 heterocycles. The van der Waals surface area contributed by atoms with Gasteiger partial charge >= 0.3 is 0 Å². The standard InChI is InChI=1S/C19H21BrN2O3/c1-12-4-6-16(9-13(12)2)25-11-19(24)21-10-18(23)22-17-7-5-15(20)8-14(17)3/h4-9H,10-11H2,1-3H3,(H,21,24)(H,22,23). The van der Waals surface area contributed by atoms with E-state index >= 15 is 0 Å². The molecular formula is C19H21BrN2O3. The number of rotatable bonds is 6. The Morgan fingerprint density at radius 2 is 1.72 bits per heavy atom. The van der Waals surface area contributed by atoms with Crippen molar-refractivity contribution in [3.05, 3.63) is 57.6 Å². The number of carbonyl (C=O) groups is 2. The van der Waals surface area contributed by atoms with Gasteiger partial charge in [-0.25, -0.2) is 0 Å². The first-order chi connectivity index (χ1) is 11.8. The van der Waals surface area contributed by atoms with Gasteiger partial charge in [-0.1, -0.05) is 22.0 Å². The normalized spacial score (nSPS) is 10.2. The zero-order chi connectivity index (χ0) is 18.4. The van der Waals surface area contributed by atoms with E-state index in [1.165, 1.54) is 0 Å². The van der Waals surface area contributed by atoms with E-state index in [1.54, 1.807) is 0 Å². The monoisotopic (exact) mass is 404 g/mol. The first kappa shape index (κ1) is 19.0. The predicted molar refractivity (Wildman–Crippen MR) is 102 cm³/mol. The lowest BCUT2D eigenvalue weighted by molar-refractivity contribution is -0.125. The molecule has 0 saturated carbocycles. The van der Waals surface area contributed by atoms with Gasteiger partial charge in [0.1, 0.15) is 5.75 Å². The van der Waals surface area contributed by atoms with Gasteiger partial charge in [0, 0.05) is 10.2 Å². The fraction of sp³-hybridized carbons (Fsp3) is 0.263. The summed E-state index contributed by atoms with van der Waals surface area (Å²) in [6.07, 6.45) is 0. The first-order valence-electron chi connectivity index (χ1n) is 7.88. The molecule has 0 atom stereocenters. The summed E-state index contributed by atoms with van der Waals surface area (Å²) in [5, 5.41) is 5.31. The van der Waals surface area contributed by atoms with E-state index in [4.69, 9.17) is 4.74 Å². The number of ether oxygens (including phenoxy) is 1. The third kappa shape index (κ3) is 5.90. The quantitative estimate of drug-likeness (QED) is 0.773. The SMILES string of the molecule is Cc1ccc(OCC(=O)NCC(=O)Nc2ccc(Br)cc2C)cc1C. The Labute approximate surface area is 155 Å². The van der Waals surface area contributed by atoms with Gasteiger partial charge in [0.25, 0.3) is 5.91 Å². The van der Waals surface area contributed by atoms with Gasteiger partial charge in [-0.3, -0.25) is 9.59 Å². The van der Waals surface area contributed by atoms with Gasteiger partial charge in [-0.15, -0.1) is 0 Å². The van der Waals surface area contributed by atoms with Crippen molar-refractivity contribution in [1.82, 2.24) is 5.32 Å². The lowest BCUT2D eigenvalue weighted by atomic mass is 10.1. The van der Waals surface area contributed by atoms with Crippen LogP contribution in [0.4, 0.5) is 5.69 Å². The lowest BCUT2D eigenvalue weighted by Gasteiger charge is -2.11. The minimum Gasteiger partial charge on any atom is -0.484 e. The third-order valence-electron chi connectivity index (χ3n) is 3.76. The van der Waals surface area contributed by atoms with Crippen LogP contribution in [0.2, 0.25) is 0 Å². The maximum Gasteiger partial charge on any atom is 0.258 e. The van der Waals surface area contributed by atoms with Gasteiger partial charge < -0.3 is 15.4 Å². The first-order valence-corrected chi connectivity index (χ1v) is 8.67. The number of hydrogen-bond acceptors (Lipinski definition) is 3. The molecule has 2 N–H and O–H groups in total. The number of nitrogens with one attached hydrogen (secondary N) is 2. The number of halogens is 1. The van der Waals surface area contributed by atoms with Crippen molar-refractivity contribution in [2.75, 3.05) is 18.5 Å². The van der Waals surface area contributed by atoms with Crippen molar-refractivity contribution in [3.8, 4) is 5.75 Å². The minimum atomic E-state index is -0.346. The number of anilines is 1. The number of aryl methyl sites for hydroxylation is 3. The van der Waals surface area contributed by atoms with Crippen LogP contribution in [0.1, 0.15) is 16.7 Å². The Hall–Kier alpha value is -2.34. The molecule has 0 aliphatic carbocycles. The highest BCUT2D eigenvalue weighted by molar-refractivity contribution is 9.10. The Morgan fingerprint density at radius 3 is 2.40 bits per heavy atom. The number of hydrogen-bond donors (Lipinski definition) is 2. The highest BCUT2D eigenvalue weighted by atomic mass is 79.9. The van der Waals surface area contributed by atoms with Crippen LogP contribution in [0.15, 0.2) is 40.9 Å². The molecule has 2 aromatic rings. The number of benzene rings is 2. The number of amides is 2. The molecule has 0 spiro atoms. The third-order valence-corrected chi connectivity index (χ3v) is 4.25. The molecule has 2 aromatic carbocycles. The Morgan fingerprint density at radius 1 is 0.960 bits per heavy atom. The summed E-state index contributed by atoms with van der Waals surface area (Å²) in [6, 6.07) is 11.2. The Kier molecular flexibility index (Phi) is 6.58. The van der Waals surface area contributed by atoms with Gasteiger partial charge in [0.15, 0.2) is 6.61 Å². The summed E-state index contributed by atoms with van der Waals surface area (Å²) < 4.78 is 6.38. The Balaban J connectivity index is 1.77. The van der Waals surface area contributed by atoms with E-state index in [-0.39, 0.29) is 25.0 Å². The van der Waals surface area contributed by atoms with Crippen LogP contribution in [0.3, 0.4) is 0 Å². The van der Waals surface area contributed by atoms with Crippen molar-refractivity contribution in [1.29, 1.82) is 0 Å². The van der Waals surface area contributed by atoms with E-state index in [0.717, 1.165) is 21.2 Å². The molecule has 25 heavy (non-hydrogen) atoms. The molecule has 0 bridgehead atoms. The van der Waals surface area contributed by atoms with Crippen molar-refractivity contribution < 1.29 is 14.3 Å². The highest BCUT2D eigenvalue weighted by Crippen LogP contribution is 2.19. The molecule has 6 heteroatoms. The molecule has 0 fully saturated rings. The van der Waals surface area contributed by atoms with Crippen LogP contribution >= 0.6 is 15.9 Å². The fourth-order valence-electron chi connectivity index (χ4n) is 2.14. The second-order valence-electron chi connectivity index (χ2n) is 5.82. The van der Waals surface area contributed by atoms with E-state index < -0.39 is 0 Å². The average molecular weight is 405 g/mol. The molecule has 0 unspecified atom stereocenters. The second-order valence-corrected chi connectivity index (χ2v) is 6.73. The maximum atomic E-state index is 11.9. The molecule has 0 saturated heterocycles. The Bertz CT molecular complexity index is 790. The molecule has 2 rings (SSSR count). The summed E-state index contributed by atoms with van der Waals surface area (Å²) >= 11 is 3.37. The lowest BCUT2D eigenvalue weighted by Crippen LogP contribution is -2.35. The zero-order valence-electron chi connectivity index (χ0n) is 14.5. The second kappa shape index (κ2) is 8.67. The van der Waals surface area contributed by atoms with Crippen LogP contribution < -0.4 is 15.4 Å². The molecule has 5 nitrogen and oxygen atoms in total. The summed E-state index contributed by atoms with van der Waals surface area (Å²) in [7, 11) is 0. The van der Waals surface area contributed by atoms with Crippen LogP contribution in [-0.2, 0) is 9.59 Å². The minimum absolute atomic E-state index is 0.107.